The number of hydrogen-bond donors (Lipinski definition) is 1. The first-order chi connectivity index (χ1) is 6.25. The fraction of sp³-hybridized carbons (Fsp3) is 0.667. The van der Waals surface area contributed by atoms with Gasteiger partial charge in [0.2, 0.25) is 0 Å². The van der Waals surface area contributed by atoms with E-state index >= 15 is 0 Å². The molecule has 0 atom stereocenters. The van der Waals surface area contributed by atoms with Gasteiger partial charge in [-0.05, 0) is 20.3 Å². The zero-order valence-corrected chi connectivity index (χ0v) is 8.92. The second kappa shape index (κ2) is 5.19. The number of hydrogen-bond acceptors (Lipinski definition) is 4. The van der Waals surface area contributed by atoms with Gasteiger partial charge in [0, 0.05) is 30.8 Å². The lowest BCUT2D eigenvalue weighted by molar-refractivity contribution is 0.288. The maximum atomic E-state index is 8.75. The molecular formula is C9H16N2OS. The van der Waals surface area contributed by atoms with Crippen LogP contribution >= 0.6 is 11.3 Å². The lowest BCUT2D eigenvalue weighted by Gasteiger charge is -2.25. The minimum Gasteiger partial charge on any atom is -0.396 e. The van der Waals surface area contributed by atoms with E-state index in [1.54, 1.807) is 11.3 Å². The number of anilines is 1. The molecular weight excluding hydrogens is 184 g/mol. The maximum absolute atomic E-state index is 8.75. The van der Waals surface area contributed by atoms with Crippen molar-refractivity contribution in [3.05, 3.63) is 11.6 Å². The molecule has 0 unspecified atom stereocenters. The largest absolute Gasteiger partial charge is 0.396 e. The van der Waals surface area contributed by atoms with Gasteiger partial charge in [0.1, 0.15) is 0 Å². The molecule has 0 bridgehead atoms. The van der Waals surface area contributed by atoms with Crippen LogP contribution in [-0.4, -0.2) is 29.3 Å². The molecule has 13 heavy (non-hydrogen) atoms. The summed E-state index contributed by atoms with van der Waals surface area (Å²) in [5.41, 5.74) is 0. The average Bonchev–Trinajstić information content (AvgIpc) is 2.57. The lowest BCUT2D eigenvalue weighted by Crippen LogP contribution is -2.32. The smallest absolute Gasteiger partial charge is 0.185 e. The summed E-state index contributed by atoms with van der Waals surface area (Å²) >= 11 is 1.64. The predicted octanol–water partition coefficient (Wildman–Crippen LogP) is 1.74. The van der Waals surface area contributed by atoms with E-state index in [2.05, 4.69) is 23.7 Å². The van der Waals surface area contributed by atoms with Crippen LogP contribution in [0.5, 0.6) is 0 Å². The fourth-order valence-electron chi connectivity index (χ4n) is 1.17. The van der Waals surface area contributed by atoms with Crippen molar-refractivity contribution in [2.45, 2.75) is 26.3 Å². The van der Waals surface area contributed by atoms with E-state index in [0.29, 0.717) is 6.04 Å². The first kappa shape index (κ1) is 10.5. The quantitative estimate of drug-likeness (QED) is 0.786. The van der Waals surface area contributed by atoms with Crippen molar-refractivity contribution in [3.63, 3.8) is 0 Å². The summed E-state index contributed by atoms with van der Waals surface area (Å²) in [5.74, 6) is 0. The minimum atomic E-state index is 0.245. The molecule has 0 radical (unpaired) electrons. The molecule has 0 spiro atoms. The van der Waals surface area contributed by atoms with Gasteiger partial charge in [0.05, 0.1) is 0 Å². The predicted molar refractivity (Wildman–Crippen MR) is 56.3 cm³/mol. The van der Waals surface area contributed by atoms with Crippen molar-refractivity contribution in [2.24, 2.45) is 0 Å². The van der Waals surface area contributed by atoms with Crippen LogP contribution in [0.2, 0.25) is 0 Å². The van der Waals surface area contributed by atoms with Crippen LogP contribution in [0.25, 0.3) is 0 Å². The normalized spacial score (nSPS) is 10.8. The highest BCUT2D eigenvalue weighted by atomic mass is 32.1. The first-order valence-electron chi connectivity index (χ1n) is 4.52. The van der Waals surface area contributed by atoms with E-state index in [4.69, 9.17) is 5.11 Å². The summed E-state index contributed by atoms with van der Waals surface area (Å²) in [6.07, 6.45) is 2.62. The highest BCUT2D eigenvalue weighted by Gasteiger charge is 2.11. The summed E-state index contributed by atoms with van der Waals surface area (Å²) in [6.45, 7) is 5.40. The Kier molecular flexibility index (Phi) is 4.18. The monoisotopic (exact) mass is 200 g/mol. The molecule has 0 amide bonds. The number of aliphatic hydroxyl groups is 1. The van der Waals surface area contributed by atoms with E-state index in [-0.39, 0.29) is 6.61 Å². The Balaban J connectivity index is 2.58. The molecule has 0 aliphatic carbocycles. The van der Waals surface area contributed by atoms with Crippen molar-refractivity contribution in [3.8, 4) is 0 Å². The molecule has 0 aliphatic rings. The maximum Gasteiger partial charge on any atom is 0.185 e. The van der Waals surface area contributed by atoms with Crippen LogP contribution in [0.1, 0.15) is 20.3 Å². The van der Waals surface area contributed by atoms with Crippen molar-refractivity contribution < 1.29 is 5.11 Å². The van der Waals surface area contributed by atoms with Gasteiger partial charge in [-0.15, -0.1) is 11.3 Å². The number of rotatable bonds is 5. The number of thiazole rings is 1. The van der Waals surface area contributed by atoms with E-state index in [0.717, 1.165) is 18.1 Å². The first-order valence-corrected chi connectivity index (χ1v) is 5.40. The molecule has 0 saturated carbocycles. The molecule has 74 valence electrons. The van der Waals surface area contributed by atoms with Crippen LogP contribution in [0.4, 0.5) is 5.13 Å². The van der Waals surface area contributed by atoms with Gasteiger partial charge >= 0.3 is 0 Å². The Bertz CT molecular complexity index is 224. The van der Waals surface area contributed by atoms with E-state index < -0.39 is 0 Å². The standard InChI is InChI=1S/C9H16N2OS/c1-8(2)11(5-3-6-12)9-10-4-7-13-9/h4,7-8,12H,3,5-6H2,1-2H3. The van der Waals surface area contributed by atoms with Crippen molar-refractivity contribution >= 4 is 16.5 Å². The van der Waals surface area contributed by atoms with Gasteiger partial charge in [-0.2, -0.15) is 0 Å². The van der Waals surface area contributed by atoms with Crippen LogP contribution in [0.3, 0.4) is 0 Å². The second-order valence-electron chi connectivity index (χ2n) is 3.18. The zero-order chi connectivity index (χ0) is 9.68. The van der Waals surface area contributed by atoms with Crippen LogP contribution in [-0.2, 0) is 0 Å². The van der Waals surface area contributed by atoms with E-state index in [1.165, 1.54) is 0 Å². The van der Waals surface area contributed by atoms with Gasteiger partial charge < -0.3 is 10.0 Å². The summed E-state index contributed by atoms with van der Waals surface area (Å²) in [5, 5.41) is 11.8. The number of aliphatic hydroxyl groups excluding tert-OH is 1. The van der Waals surface area contributed by atoms with Crippen LogP contribution in [0.15, 0.2) is 11.6 Å². The number of aromatic nitrogens is 1. The van der Waals surface area contributed by atoms with Crippen molar-refractivity contribution in [1.29, 1.82) is 0 Å². The third-order valence-electron chi connectivity index (χ3n) is 1.85. The Morgan fingerprint density at radius 1 is 1.62 bits per heavy atom. The molecule has 1 aromatic rings. The summed E-state index contributed by atoms with van der Waals surface area (Å²) in [6, 6.07) is 0.442. The molecule has 1 aromatic heterocycles. The Morgan fingerprint density at radius 3 is 2.85 bits per heavy atom. The van der Waals surface area contributed by atoms with Gasteiger partial charge in [-0.25, -0.2) is 4.98 Å². The lowest BCUT2D eigenvalue weighted by atomic mass is 10.3. The molecule has 0 aliphatic heterocycles. The van der Waals surface area contributed by atoms with Gasteiger partial charge in [0.15, 0.2) is 5.13 Å². The zero-order valence-electron chi connectivity index (χ0n) is 8.10. The Labute approximate surface area is 83.0 Å². The van der Waals surface area contributed by atoms with Gasteiger partial charge in [-0.1, -0.05) is 0 Å². The molecule has 0 saturated heterocycles. The summed E-state index contributed by atoms with van der Waals surface area (Å²) < 4.78 is 0. The SMILES string of the molecule is CC(C)N(CCCO)c1nccs1. The average molecular weight is 200 g/mol. The summed E-state index contributed by atoms with van der Waals surface area (Å²) in [4.78, 5) is 6.46. The Hall–Kier alpha value is -0.610. The van der Waals surface area contributed by atoms with Crippen molar-refractivity contribution in [2.75, 3.05) is 18.1 Å². The Morgan fingerprint density at radius 2 is 2.38 bits per heavy atom. The van der Waals surface area contributed by atoms with Crippen LogP contribution < -0.4 is 4.90 Å². The minimum absolute atomic E-state index is 0.245. The second-order valence-corrected chi connectivity index (χ2v) is 4.05. The molecule has 0 aromatic carbocycles. The molecule has 4 heteroatoms. The molecule has 0 fully saturated rings. The highest BCUT2D eigenvalue weighted by Crippen LogP contribution is 2.19. The highest BCUT2D eigenvalue weighted by molar-refractivity contribution is 7.13. The van der Waals surface area contributed by atoms with Gasteiger partial charge in [0.25, 0.3) is 0 Å². The molecule has 1 rings (SSSR count). The summed E-state index contributed by atoms with van der Waals surface area (Å²) in [7, 11) is 0. The molecule has 1 heterocycles. The topological polar surface area (TPSA) is 36.4 Å². The van der Waals surface area contributed by atoms with E-state index in [1.807, 2.05) is 11.6 Å². The fourth-order valence-corrected chi connectivity index (χ4v) is 1.98. The number of nitrogens with zero attached hydrogens (tertiary/aromatic N) is 2. The van der Waals surface area contributed by atoms with Gasteiger partial charge in [-0.3, -0.25) is 0 Å². The van der Waals surface area contributed by atoms with Crippen LogP contribution in [0, 0.1) is 0 Å². The molecule has 1 N–H and O–H groups in total. The van der Waals surface area contributed by atoms with E-state index in [9.17, 15) is 0 Å². The third kappa shape index (κ3) is 2.97. The van der Waals surface area contributed by atoms with Crippen molar-refractivity contribution in [1.82, 2.24) is 4.98 Å². The molecule has 3 nitrogen and oxygen atoms in total. The third-order valence-corrected chi connectivity index (χ3v) is 2.65.